The summed E-state index contributed by atoms with van der Waals surface area (Å²) in [6, 6.07) is 7.61. The van der Waals surface area contributed by atoms with Gasteiger partial charge < -0.3 is 10.1 Å². The minimum atomic E-state index is -1.04. The Morgan fingerprint density at radius 2 is 1.80 bits per heavy atom. The molecule has 0 spiro atoms. The zero-order valence-corrected chi connectivity index (χ0v) is 10.9. The first-order valence-corrected chi connectivity index (χ1v) is 6.23. The summed E-state index contributed by atoms with van der Waals surface area (Å²) in [7, 11) is 0. The molecule has 0 unspecified atom stereocenters. The first-order valence-electron chi connectivity index (χ1n) is 6.23. The van der Waals surface area contributed by atoms with Crippen LogP contribution in [0.25, 0.3) is 0 Å². The molecule has 0 amide bonds. The molecule has 1 N–H and O–H groups in total. The maximum absolute atomic E-state index is 13.8. The van der Waals surface area contributed by atoms with E-state index in [0.717, 1.165) is 18.7 Å². The standard InChI is InChI=1S/C15H14F3NO/c1-2-19-9-10-4-3-5-13(17)15(10)20-11-6-7-12(16)14(18)8-11/h3-8,19H,2,9H2,1H3. The highest BCUT2D eigenvalue weighted by molar-refractivity contribution is 5.39. The van der Waals surface area contributed by atoms with Crippen LogP contribution in [0, 0.1) is 17.5 Å². The fourth-order valence-corrected chi connectivity index (χ4v) is 1.72. The van der Waals surface area contributed by atoms with Crippen LogP contribution in [0.1, 0.15) is 12.5 Å². The Morgan fingerprint density at radius 3 is 2.50 bits per heavy atom. The van der Waals surface area contributed by atoms with Crippen LogP contribution < -0.4 is 10.1 Å². The molecule has 106 valence electrons. The summed E-state index contributed by atoms with van der Waals surface area (Å²) in [6.07, 6.45) is 0. The van der Waals surface area contributed by atoms with Crippen molar-refractivity contribution in [3.8, 4) is 11.5 Å². The lowest BCUT2D eigenvalue weighted by molar-refractivity contribution is 0.425. The average Bonchev–Trinajstić information content (AvgIpc) is 2.43. The number of hydrogen-bond donors (Lipinski definition) is 1. The van der Waals surface area contributed by atoms with Gasteiger partial charge in [-0.2, -0.15) is 0 Å². The van der Waals surface area contributed by atoms with Gasteiger partial charge in [0.25, 0.3) is 0 Å². The van der Waals surface area contributed by atoms with Crippen molar-refractivity contribution in [2.24, 2.45) is 0 Å². The van der Waals surface area contributed by atoms with Gasteiger partial charge in [0.2, 0.25) is 0 Å². The molecule has 2 nitrogen and oxygen atoms in total. The van der Waals surface area contributed by atoms with Crippen LogP contribution in [-0.4, -0.2) is 6.54 Å². The van der Waals surface area contributed by atoms with E-state index < -0.39 is 17.5 Å². The highest BCUT2D eigenvalue weighted by Crippen LogP contribution is 2.29. The van der Waals surface area contributed by atoms with Crippen molar-refractivity contribution < 1.29 is 17.9 Å². The van der Waals surface area contributed by atoms with E-state index >= 15 is 0 Å². The molecule has 0 aliphatic carbocycles. The Hall–Kier alpha value is -2.01. The molecule has 0 saturated carbocycles. The largest absolute Gasteiger partial charge is 0.454 e. The van der Waals surface area contributed by atoms with Gasteiger partial charge in [0.1, 0.15) is 5.75 Å². The van der Waals surface area contributed by atoms with E-state index in [2.05, 4.69) is 5.32 Å². The SMILES string of the molecule is CCNCc1cccc(F)c1Oc1ccc(F)c(F)c1. The summed E-state index contributed by atoms with van der Waals surface area (Å²) in [5, 5.41) is 3.06. The molecule has 0 radical (unpaired) electrons. The third-order valence-electron chi connectivity index (χ3n) is 2.72. The van der Waals surface area contributed by atoms with Crippen LogP contribution in [0.3, 0.4) is 0 Å². The molecule has 0 fully saturated rings. The van der Waals surface area contributed by atoms with Gasteiger partial charge in [-0.05, 0) is 24.7 Å². The van der Waals surface area contributed by atoms with Crippen LogP contribution in [0.2, 0.25) is 0 Å². The van der Waals surface area contributed by atoms with Crippen LogP contribution in [0.4, 0.5) is 13.2 Å². The van der Waals surface area contributed by atoms with Crippen LogP contribution >= 0.6 is 0 Å². The van der Waals surface area contributed by atoms with Crippen LogP contribution in [0.5, 0.6) is 11.5 Å². The molecule has 0 aromatic heterocycles. The minimum Gasteiger partial charge on any atom is -0.454 e. The highest BCUT2D eigenvalue weighted by Gasteiger charge is 2.12. The summed E-state index contributed by atoms with van der Waals surface area (Å²) >= 11 is 0. The summed E-state index contributed by atoms with van der Waals surface area (Å²) in [5.74, 6) is -2.50. The Morgan fingerprint density at radius 1 is 1.00 bits per heavy atom. The van der Waals surface area contributed by atoms with Gasteiger partial charge in [-0.25, -0.2) is 13.2 Å². The number of halogens is 3. The van der Waals surface area contributed by atoms with E-state index in [9.17, 15) is 13.2 Å². The lowest BCUT2D eigenvalue weighted by Crippen LogP contribution is -2.12. The van der Waals surface area contributed by atoms with E-state index in [4.69, 9.17) is 4.74 Å². The number of nitrogens with one attached hydrogen (secondary N) is 1. The van der Waals surface area contributed by atoms with Crippen molar-refractivity contribution in [2.45, 2.75) is 13.5 Å². The predicted molar refractivity (Wildman–Crippen MR) is 70.2 cm³/mol. The molecular weight excluding hydrogens is 267 g/mol. The normalized spacial score (nSPS) is 10.6. The van der Waals surface area contributed by atoms with Crippen molar-refractivity contribution in [3.05, 3.63) is 59.4 Å². The zero-order chi connectivity index (χ0) is 14.5. The first-order chi connectivity index (χ1) is 9.61. The van der Waals surface area contributed by atoms with Crippen molar-refractivity contribution in [1.82, 2.24) is 5.32 Å². The Kier molecular flexibility index (Phi) is 4.63. The highest BCUT2D eigenvalue weighted by atomic mass is 19.2. The molecule has 20 heavy (non-hydrogen) atoms. The van der Waals surface area contributed by atoms with E-state index in [-0.39, 0.29) is 11.5 Å². The number of rotatable bonds is 5. The topological polar surface area (TPSA) is 21.3 Å². The van der Waals surface area contributed by atoms with Crippen molar-refractivity contribution in [2.75, 3.05) is 6.54 Å². The molecule has 0 aliphatic heterocycles. The minimum absolute atomic E-state index is 0.0134. The van der Waals surface area contributed by atoms with Gasteiger partial charge in [-0.15, -0.1) is 0 Å². The van der Waals surface area contributed by atoms with Crippen molar-refractivity contribution in [3.63, 3.8) is 0 Å². The number of para-hydroxylation sites is 1. The number of hydrogen-bond acceptors (Lipinski definition) is 2. The predicted octanol–water partition coefficient (Wildman–Crippen LogP) is 4.01. The number of ether oxygens (including phenoxy) is 1. The van der Waals surface area contributed by atoms with Crippen molar-refractivity contribution >= 4 is 0 Å². The smallest absolute Gasteiger partial charge is 0.167 e. The lowest BCUT2D eigenvalue weighted by atomic mass is 10.2. The summed E-state index contributed by atoms with van der Waals surface area (Å²) in [6.45, 7) is 3.07. The molecular formula is C15H14F3NO. The van der Waals surface area contributed by atoms with Gasteiger partial charge >= 0.3 is 0 Å². The Balaban J connectivity index is 2.29. The Bertz CT molecular complexity index is 602. The molecule has 0 heterocycles. The monoisotopic (exact) mass is 281 g/mol. The maximum atomic E-state index is 13.8. The quantitative estimate of drug-likeness (QED) is 0.894. The summed E-state index contributed by atoms with van der Waals surface area (Å²) in [4.78, 5) is 0. The van der Waals surface area contributed by atoms with Crippen molar-refractivity contribution in [1.29, 1.82) is 0 Å². The molecule has 2 aromatic rings. The van der Waals surface area contributed by atoms with Gasteiger partial charge in [-0.1, -0.05) is 19.1 Å². The second-order valence-corrected chi connectivity index (χ2v) is 4.19. The maximum Gasteiger partial charge on any atom is 0.167 e. The van der Waals surface area contributed by atoms with Crippen LogP contribution in [0.15, 0.2) is 36.4 Å². The molecule has 0 saturated heterocycles. The third kappa shape index (κ3) is 3.30. The van der Waals surface area contributed by atoms with E-state index in [1.54, 1.807) is 12.1 Å². The third-order valence-corrected chi connectivity index (χ3v) is 2.72. The Labute approximate surface area is 115 Å². The van der Waals surface area contributed by atoms with Crippen LogP contribution in [-0.2, 0) is 6.54 Å². The fraction of sp³-hybridized carbons (Fsp3) is 0.200. The second kappa shape index (κ2) is 6.43. The van der Waals surface area contributed by atoms with Gasteiger partial charge in [0, 0.05) is 18.2 Å². The molecule has 0 aliphatic rings. The fourth-order valence-electron chi connectivity index (χ4n) is 1.72. The molecule has 0 atom stereocenters. The molecule has 5 heteroatoms. The molecule has 2 rings (SSSR count). The van der Waals surface area contributed by atoms with E-state index in [1.165, 1.54) is 12.1 Å². The van der Waals surface area contributed by atoms with Gasteiger partial charge in [0.15, 0.2) is 23.2 Å². The molecule has 0 bridgehead atoms. The second-order valence-electron chi connectivity index (χ2n) is 4.19. The lowest BCUT2D eigenvalue weighted by Gasteiger charge is -2.12. The first kappa shape index (κ1) is 14.4. The summed E-state index contributed by atoms with van der Waals surface area (Å²) in [5.41, 5.74) is 0.608. The average molecular weight is 281 g/mol. The molecule has 2 aromatic carbocycles. The van der Waals surface area contributed by atoms with E-state index in [1.807, 2.05) is 6.92 Å². The van der Waals surface area contributed by atoms with Gasteiger partial charge in [0.05, 0.1) is 0 Å². The van der Waals surface area contributed by atoms with Gasteiger partial charge in [-0.3, -0.25) is 0 Å². The van der Waals surface area contributed by atoms with E-state index in [0.29, 0.717) is 12.1 Å². The summed E-state index contributed by atoms with van der Waals surface area (Å²) < 4.78 is 45.1. The number of benzene rings is 2. The zero-order valence-electron chi connectivity index (χ0n) is 10.9.